The van der Waals surface area contributed by atoms with E-state index < -0.39 is 11.9 Å². The monoisotopic (exact) mass is 294 g/mol. The zero-order valence-electron chi connectivity index (χ0n) is 11.0. The molecule has 3 N–H and O–H groups in total. The van der Waals surface area contributed by atoms with Crippen LogP contribution in [0.3, 0.4) is 0 Å². The molecule has 2 heterocycles. The van der Waals surface area contributed by atoms with Gasteiger partial charge in [-0.3, -0.25) is 9.48 Å². The van der Waals surface area contributed by atoms with Crippen LogP contribution in [0.4, 0.5) is 11.4 Å². The first-order valence-electron chi connectivity index (χ1n) is 5.86. The third-order valence-electron chi connectivity index (χ3n) is 2.61. The van der Waals surface area contributed by atoms with Gasteiger partial charge < -0.3 is 15.8 Å². The van der Waals surface area contributed by atoms with Gasteiger partial charge in [0.05, 0.1) is 18.5 Å². The number of nitrogen functional groups attached to an aromatic ring is 1. The second kappa shape index (κ2) is 5.74. The molecular formula is C12H14N4O3S. The second-order valence-corrected chi connectivity index (χ2v) is 4.81. The highest BCUT2D eigenvalue weighted by molar-refractivity contribution is 7.12. The number of amides is 1. The summed E-state index contributed by atoms with van der Waals surface area (Å²) in [7, 11) is 1.29. The van der Waals surface area contributed by atoms with Gasteiger partial charge in [-0.05, 0) is 18.4 Å². The fourth-order valence-electron chi connectivity index (χ4n) is 1.62. The van der Waals surface area contributed by atoms with Crippen LogP contribution < -0.4 is 11.1 Å². The Kier molecular flexibility index (Phi) is 4.04. The molecule has 0 bridgehead atoms. The molecule has 0 saturated carbocycles. The maximum atomic E-state index is 12.1. The topological polar surface area (TPSA) is 99.2 Å². The standard InChI is InChI=1S/C12H14N4O3S/c1-3-16-6-7(13)9(15-16)11(17)14-8-4-5-20-10(8)12(18)19-2/h4-6H,3,13H2,1-2H3,(H,14,17). The number of nitrogens with zero attached hydrogens (tertiary/aromatic N) is 2. The van der Waals surface area contributed by atoms with E-state index in [0.29, 0.717) is 22.8 Å². The normalized spacial score (nSPS) is 10.3. The highest BCUT2D eigenvalue weighted by Gasteiger charge is 2.19. The zero-order valence-corrected chi connectivity index (χ0v) is 11.9. The van der Waals surface area contributed by atoms with Gasteiger partial charge in [0.25, 0.3) is 5.91 Å². The van der Waals surface area contributed by atoms with Crippen LogP contribution >= 0.6 is 11.3 Å². The molecular weight excluding hydrogens is 280 g/mol. The molecule has 0 saturated heterocycles. The van der Waals surface area contributed by atoms with Gasteiger partial charge in [-0.15, -0.1) is 11.3 Å². The van der Waals surface area contributed by atoms with Crippen LogP contribution in [0.25, 0.3) is 0 Å². The molecule has 0 radical (unpaired) electrons. The Bertz CT molecular complexity index is 647. The Balaban J connectivity index is 2.21. The smallest absolute Gasteiger partial charge is 0.350 e. The minimum Gasteiger partial charge on any atom is -0.465 e. The van der Waals surface area contributed by atoms with Crippen molar-refractivity contribution in [3.05, 3.63) is 28.2 Å². The van der Waals surface area contributed by atoms with E-state index in [4.69, 9.17) is 5.73 Å². The number of nitrogens with two attached hydrogens (primary N) is 1. The number of rotatable bonds is 4. The molecule has 8 heteroatoms. The van der Waals surface area contributed by atoms with Crippen molar-refractivity contribution in [3.8, 4) is 0 Å². The number of hydrogen-bond acceptors (Lipinski definition) is 6. The molecule has 0 aliphatic heterocycles. The summed E-state index contributed by atoms with van der Waals surface area (Å²) in [5.74, 6) is -0.958. The van der Waals surface area contributed by atoms with Gasteiger partial charge in [0, 0.05) is 12.7 Å². The molecule has 20 heavy (non-hydrogen) atoms. The second-order valence-electron chi connectivity index (χ2n) is 3.90. The molecule has 2 aromatic rings. The fraction of sp³-hybridized carbons (Fsp3) is 0.250. The third-order valence-corrected chi connectivity index (χ3v) is 3.51. The minimum atomic E-state index is -0.498. The lowest BCUT2D eigenvalue weighted by molar-refractivity contribution is 0.0607. The van der Waals surface area contributed by atoms with Crippen molar-refractivity contribution in [3.63, 3.8) is 0 Å². The molecule has 0 fully saturated rings. The van der Waals surface area contributed by atoms with Crippen molar-refractivity contribution in [2.24, 2.45) is 0 Å². The van der Waals surface area contributed by atoms with Gasteiger partial charge in [-0.1, -0.05) is 0 Å². The molecule has 2 aromatic heterocycles. The van der Waals surface area contributed by atoms with Gasteiger partial charge in [0.1, 0.15) is 4.88 Å². The average Bonchev–Trinajstić information content (AvgIpc) is 3.04. The van der Waals surface area contributed by atoms with Crippen molar-refractivity contribution in [1.82, 2.24) is 9.78 Å². The molecule has 0 aliphatic rings. The van der Waals surface area contributed by atoms with Crippen LogP contribution in [0.1, 0.15) is 27.1 Å². The summed E-state index contributed by atoms with van der Waals surface area (Å²) in [5.41, 5.74) is 6.55. The van der Waals surface area contributed by atoms with E-state index >= 15 is 0 Å². The average molecular weight is 294 g/mol. The summed E-state index contributed by atoms with van der Waals surface area (Å²) in [6.45, 7) is 2.51. The number of ether oxygens (including phenoxy) is 1. The fourth-order valence-corrected chi connectivity index (χ4v) is 2.38. The molecule has 7 nitrogen and oxygen atoms in total. The Morgan fingerprint density at radius 2 is 2.30 bits per heavy atom. The number of aromatic nitrogens is 2. The van der Waals surface area contributed by atoms with Crippen molar-refractivity contribution in [2.75, 3.05) is 18.2 Å². The lowest BCUT2D eigenvalue weighted by atomic mass is 10.3. The number of hydrogen-bond donors (Lipinski definition) is 2. The SMILES string of the molecule is CCn1cc(N)c(C(=O)Nc2ccsc2C(=O)OC)n1. The maximum Gasteiger partial charge on any atom is 0.350 e. The number of nitrogens with one attached hydrogen (secondary N) is 1. The van der Waals surface area contributed by atoms with E-state index in [2.05, 4.69) is 15.2 Å². The third kappa shape index (κ3) is 2.64. The Morgan fingerprint density at radius 1 is 1.55 bits per heavy atom. The lowest BCUT2D eigenvalue weighted by Gasteiger charge is -2.04. The van der Waals surface area contributed by atoms with Crippen LogP contribution in [-0.4, -0.2) is 28.8 Å². The number of aryl methyl sites for hydroxylation is 1. The number of anilines is 2. The van der Waals surface area contributed by atoms with E-state index in [1.54, 1.807) is 22.3 Å². The van der Waals surface area contributed by atoms with Crippen LogP contribution in [0.15, 0.2) is 17.6 Å². The molecule has 1 amide bonds. The van der Waals surface area contributed by atoms with Gasteiger partial charge in [-0.25, -0.2) is 4.79 Å². The summed E-state index contributed by atoms with van der Waals surface area (Å²) in [5, 5.41) is 8.38. The van der Waals surface area contributed by atoms with Crippen molar-refractivity contribution in [2.45, 2.75) is 13.5 Å². The summed E-state index contributed by atoms with van der Waals surface area (Å²) in [6.07, 6.45) is 1.59. The first-order valence-corrected chi connectivity index (χ1v) is 6.74. The van der Waals surface area contributed by atoms with Gasteiger partial charge in [0.15, 0.2) is 5.69 Å². The predicted molar refractivity (Wildman–Crippen MR) is 75.9 cm³/mol. The van der Waals surface area contributed by atoms with Gasteiger partial charge >= 0.3 is 5.97 Å². The van der Waals surface area contributed by atoms with E-state index in [1.165, 1.54) is 18.4 Å². The Labute approximate surface area is 119 Å². The van der Waals surface area contributed by atoms with Crippen LogP contribution in [0, 0.1) is 0 Å². The zero-order chi connectivity index (χ0) is 14.7. The van der Waals surface area contributed by atoms with Crippen molar-refractivity contribution < 1.29 is 14.3 Å². The van der Waals surface area contributed by atoms with E-state index in [9.17, 15) is 9.59 Å². The quantitative estimate of drug-likeness (QED) is 0.834. The maximum absolute atomic E-state index is 12.1. The number of thiophene rings is 1. The molecule has 0 spiro atoms. The van der Waals surface area contributed by atoms with Gasteiger partial charge in [0.2, 0.25) is 0 Å². The van der Waals surface area contributed by atoms with E-state index in [1.807, 2.05) is 6.92 Å². The molecule has 0 atom stereocenters. The summed E-state index contributed by atoms with van der Waals surface area (Å²) in [4.78, 5) is 24.0. The summed E-state index contributed by atoms with van der Waals surface area (Å²) >= 11 is 1.19. The summed E-state index contributed by atoms with van der Waals surface area (Å²) in [6, 6.07) is 1.63. The van der Waals surface area contributed by atoms with Crippen LogP contribution in [0.2, 0.25) is 0 Å². The highest BCUT2D eigenvalue weighted by atomic mass is 32.1. The first-order chi connectivity index (χ1) is 9.56. The first kappa shape index (κ1) is 14.1. The van der Waals surface area contributed by atoms with Crippen LogP contribution in [-0.2, 0) is 11.3 Å². The largest absolute Gasteiger partial charge is 0.465 e. The summed E-state index contributed by atoms with van der Waals surface area (Å²) < 4.78 is 6.21. The number of carbonyl (C=O) groups is 2. The number of esters is 1. The Morgan fingerprint density at radius 3 is 2.90 bits per heavy atom. The molecule has 2 rings (SSSR count). The van der Waals surface area contributed by atoms with E-state index in [-0.39, 0.29) is 5.69 Å². The van der Waals surface area contributed by atoms with E-state index in [0.717, 1.165) is 0 Å². The lowest BCUT2D eigenvalue weighted by Crippen LogP contribution is -2.16. The van der Waals surface area contributed by atoms with Gasteiger partial charge in [-0.2, -0.15) is 5.10 Å². The minimum absolute atomic E-state index is 0.133. The molecule has 106 valence electrons. The van der Waals surface area contributed by atoms with Crippen LogP contribution in [0.5, 0.6) is 0 Å². The predicted octanol–water partition coefficient (Wildman–Crippen LogP) is 1.59. The highest BCUT2D eigenvalue weighted by Crippen LogP contribution is 2.24. The van der Waals surface area contributed by atoms with Crippen molar-refractivity contribution >= 4 is 34.6 Å². The molecule has 0 aliphatic carbocycles. The molecule has 0 aromatic carbocycles. The number of methoxy groups -OCH3 is 1. The number of carbonyl (C=O) groups excluding carboxylic acids is 2. The molecule has 0 unspecified atom stereocenters. The Hall–Kier alpha value is -2.35. The van der Waals surface area contributed by atoms with Crippen molar-refractivity contribution in [1.29, 1.82) is 0 Å².